The number of rotatable bonds is 6. The Bertz CT molecular complexity index is 377. The number of unbranched alkanes of at least 4 members (excludes halogenated alkanes) is 3. The van der Waals surface area contributed by atoms with Gasteiger partial charge in [0.15, 0.2) is 0 Å². The molecule has 0 unspecified atom stereocenters. The molecule has 18 heavy (non-hydrogen) atoms. The van der Waals surface area contributed by atoms with Gasteiger partial charge in [0.05, 0.1) is 16.3 Å². The number of halogens is 4. The first-order valence-corrected chi connectivity index (χ1v) is 6.43. The SMILES string of the molecule is CCCCCCNc1ccc(C(F)(F)F)cc1Cl. The predicted molar refractivity (Wildman–Crippen MR) is 69.1 cm³/mol. The van der Waals surface area contributed by atoms with Crippen molar-refractivity contribution in [3.8, 4) is 0 Å². The Labute approximate surface area is 110 Å². The Balaban J connectivity index is 2.53. The molecule has 0 saturated carbocycles. The van der Waals surface area contributed by atoms with E-state index in [0.717, 1.165) is 37.9 Å². The van der Waals surface area contributed by atoms with Crippen molar-refractivity contribution in [1.82, 2.24) is 0 Å². The lowest BCUT2D eigenvalue weighted by Crippen LogP contribution is -2.06. The Morgan fingerprint density at radius 1 is 1.17 bits per heavy atom. The van der Waals surface area contributed by atoms with Crippen molar-refractivity contribution in [2.24, 2.45) is 0 Å². The lowest BCUT2D eigenvalue weighted by molar-refractivity contribution is -0.137. The maximum Gasteiger partial charge on any atom is 0.416 e. The highest BCUT2D eigenvalue weighted by molar-refractivity contribution is 6.33. The van der Waals surface area contributed by atoms with Crippen LogP contribution in [0.5, 0.6) is 0 Å². The van der Waals surface area contributed by atoms with E-state index in [1.54, 1.807) is 0 Å². The van der Waals surface area contributed by atoms with Crippen LogP contribution < -0.4 is 5.32 Å². The fraction of sp³-hybridized carbons (Fsp3) is 0.538. The molecule has 1 nitrogen and oxygen atoms in total. The Hall–Kier alpha value is -0.900. The van der Waals surface area contributed by atoms with Crippen LogP contribution in [0.4, 0.5) is 18.9 Å². The zero-order valence-corrected chi connectivity index (χ0v) is 11.0. The second kappa shape index (κ2) is 6.88. The van der Waals surface area contributed by atoms with Gasteiger partial charge in [-0.1, -0.05) is 37.8 Å². The molecule has 1 rings (SSSR count). The van der Waals surface area contributed by atoms with Gasteiger partial charge in [0.2, 0.25) is 0 Å². The molecule has 0 aliphatic carbocycles. The van der Waals surface area contributed by atoms with Crippen LogP contribution in [-0.2, 0) is 6.18 Å². The summed E-state index contributed by atoms with van der Waals surface area (Å²) in [7, 11) is 0. The molecule has 102 valence electrons. The fourth-order valence-corrected chi connectivity index (χ4v) is 1.86. The maximum absolute atomic E-state index is 12.4. The molecule has 0 amide bonds. The molecule has 1 aromatic rings. The molecule has 0 aromatic heterocycles. The fourth-order valence-electron chi connectivity index (χ4n) is 1.61. The smallest absolute Gasteiger partial charge is 0.384 e. The molecular weight excluding hydrogens is 263 g/mol. The van der Waals surface area contributed by atoms with Crippen molar-refractivity contribution in [3.05, 3.63) is 28.8 Å². The highest BCUT2D eigenvalue weighted by Gasteiger charge is 2.30. The summed E-state index contributed by atoms with van der Waals surface area (Å²) in [4.78, 5) is 0. The van der Waals surface area contributed by atoms with E-state index in [9.17, 15) is 13.2 Å². The number of benzene rings is 1. The zero-order valence-electron chi connectivity index (χ0n) is 10.3. The third kappa shape index (κ3) is 4.77. The van der Waals surface area contributed by atoms with Crippen LogP contribution in [0.15, 0.2) is 18.2 Å². The second-order valence-electron chi connectivity index (χ2n) is 4.18. The molecule has 0 saturated heterocycles. The van der Waals surface area contributed by atoms with Gasteiger partial charge in [-0.05, 0) is 24.6 Å². The predicted octanol–water partition coefficient (Wildman–Crippen LogP) is 5.35. The van der Waals surface area contributed by atoms with E-state index in [-0.39, 0.29) is 5.02 Å². The van der Waals surface area contributed by atoms with Gasteiger partial charge in [0.1, 0.15) is 0 Å². The van der Waals surface area contributed by atoms with Crippen LogP contribution in [0.2, 0.25) is 5.02 Å². The monoisotopic (exact) mass is 279 g/mol. The van der Waals surface area contributed by atoms with Crippen LogP contribution in [0.25, 0.3) is 0 Å². The summed E-state index contributed by atoms with van der Waals surface area (Å²) in [6.45, 7) is 2.85. The minimum atomic E-state index is -4.34. The first kappa shape index (κ1) is 15.2. The maximum atomic E-state index is 12.4. The summed E-state index contributed by atoms with van der Waals surface area (Å²) in [5.41, 5.74) is -0.162. The van der Waals surface area contributed by atoms with Gasteiger partial charge in [0.25, 0.3) is 0 Å². The van der Waals surface area contributed by atoms with Crippen LogP contribution in [0, 0.1) is 0 Å². The topological polar surface area (TPSA) is 12.0 Å². The molecule has 5 heteroatoms. The average Bonchev–Trinajstić information content (AvgIpc) is 2.29. The van der Waals surface area contributed by atoms with E-state index in [4.69, 9.17) is 11.6 Å². The van der Waals surface area contributed by atoms with Gasteiger partial charge in [-0.2, -0.15) is 13.2 Å². The molecule has 1 N–H and O–H groups in total. The van der Waals surface area contributed by atoms with Crippen molar-refractivity contribution in [1.29, 1.82) is 0 Å². The summed E-state index contributed by atoms with van der Waals surface area (Å²) >= 11 is 5.81. The Morgan fingerprint density at radius 2 is 1.89 bits per heavy atom. The molecule has 0 spiro atoms. The van der Waals surface area contributed by atoms with Gasteiger partial charge in [0, 0.05) is 6.54 Å². The summed E-state index contributed by atoms with van der Waals surface area (Å²) in [5.74, 6) is 0. The summed E-state index contributed by atoms with van der Waals surface area (Å²) in [5, 5.41) is 3.16. The van der Waals surface area contributed by atoms with Crippen molar-refractivity contribution in [2.45, 2.75) is 38.8 Å². The first-order valence-electron chi connectivity index (χ1n) is 6.05. The standard InChI is InChI=1S/C13H17ClF3N/c1-2-3-4-5-8-18-12-7-6-10(9-11(12)14)13(15,16)17/h6-7,9,18H,2-5,8H2,1H3. The third-order valence-electron chi connectivity index (χ3n) is 2.64. The number of anilines is 1. The number of hydrogen-bond acceptors (Lipinski definition) is 1. The van der Waals surface area contributed by atoms with Crippen molar-refractivity contribution in [2.75, 3.05) is 11.9 Å². The van der Waals surface area contributed by atoms with Crippen LogP contribution in [0.1, 0.15) is 38.2 Å². The summed E-state index contributed by atoms with van der Waals surface area (Å²) < 4.78 is 37.2. The van der Waals surface area contributed by atoms with Crippen LogP contribution in [-0.4, -0.2) is 6.54 Å². The molecule has 0 radical (unpaired) electrons. The van der Waals surface area contributed by atoms with E-state index in [0.29, 0.717) is 5.69 Å². The normalized spacial score (nSPS) is 11.6. The largest absolute Gasteiger partial charge is 0.416 e. The molecule has 1 aromatic carbocycles. The van der Waals surface area contributed by atoms with E-state index < -0.39 is 11.7 Å². The van der Waals surface area contributed by atoms with Gasteiger partial charge < -0.3 is 5.32 Å². The van der Waals surface area contributed by atoms with E-state index in [1.807, 2.05) is 0 Å². The first-order chi connectivity index (χ1) is 8.45. The molecular formula is C13H17ClF3N. The number of alkyl halides is 3. The number of hydrogen-bond donors (Lipinski definition) is 1. The quantitative estimate of drug-likeness (QED) is 0.692. The molecule has 0 bridgehead atoms. The van der Waals surface area contributed by atoms with Crippen molar-refractivity contribution in [3.63, 3.8) is 0 Å². The Morgan fingerprint density at radius 3 is 2.44 bits per heavy atom. The molecule has 0 aliphatic rings. The zero-order chi connectivity index (χ0) is 13.6. The van der Waals surface area contributed by atoms with E-state index in [2.05, 4.69) is 12.2 Å². The lowest BCUT2D eigenvalue weighted by Gasteiger charge is -2.11. The van der Waals surface area contributed by atoms with E-state index >= 15 is 0 Å². The summed E-state index contributed by atoms with van der Waals surface area (Å²) in [6.07, 6.45) is 0.0830. The average molecular weight is 280 g/mol. The Kier molecular flexibility index (Phi) is 5.79. The molecule has 0 fully saturated rings. The van der Waals surface area contributed by atoms with Crippen LogP contribution >= 0.6 is 11.6 Å². The highest BCUT2D eigenvalue weighted by Crippen LogP contribution is 2.33. The van der Waals surface area contributed by atoms with E-state index in [1.165, 1.54) is 12.5 Å². The van der Waals surface area contributed by atoms with Crippen molar-refractivity contribution < 1.29 is 13.2 Å². The molecule has 0 heterocycles. The third-order valence-corrected chi connectivity index (χ3v) is 2.95. The van der Waals surface area contributed by atoms with Gasteiger partial charge >= 0.3 is 6.18 Å². The molecule has 0 aliphatic heterocycles. The lowest BCUT2D eigenvalue weighted by atomic mass is 10.2. The van der Waals surface area contributed by atoms with Gasteiger partial charge in [-0.25, -0.2) is 0 Å². The number of nitrogens with one attached hydrogen (secondary N) is 1. The van der Waals surface area contributed by atoms with Crippen LogP contribution in [0.3, 0.4) is 0 Å². The van der Waals surface area contributed by atoms with Gasteiger partial charge in [-0.15, -0.1) is 0 Å². The summed E-state index contributed by atoms with van der Waals surface area (Å²) in [6, 6.07) is 3.38. The minimum Gasteiger partial charge on any atom is -0.384 e. The second-order valence-corrected chi connectivity index (χ2v) is 4.59. The molecule has 0 atom stereocenters. The van der Waals surface area contributed by atoms with Crippen molar-refractivity contribution >= 4 is 17.3 Å². The van der Waals surface area contributed by atoms with Gasteiger partial charge in [-0.3, -0.25) is 0 Å². The minimum absolute atomic E-state index is 0.111. The highest BCUT2D eigenvalue weighted by atomic mass is 35.5.